The molecule has 1 amide bonds. The quantitative estimate of drug-likeness (QED) is 0.480. The van der Waals surface area contributed by atoms with E-state index in [-0.39, 0.29) is 18.2 Å². The number of carbonyl (C=O) groups excluding carboxylic acids is 1. The summed E-state index contributed by atoms with van der Waals surface area (Å²) in [6, 6.07) is 13.9. The van der Waals surface area contributed by atoms with E-state index < -0.39 is 4.92 Å². The van der Waals surface area contributed by atoms with E-state index in [4.69, 9.17) is 4.84 Å². The molecule has 0 aliphatic carbocycles. The van der Waals surface area contributed by atoms with Gasteiger partial charge in [0.25, 0.3) is 11.6 Å². The molecule has 2 rings (SSSR count). The van der Waals surface area contributed by atoms with Gasteiger partial charge in [-0.25, -0.2) is 0 Å². The van der Waals surface area contributed by atoms with Gasteiger partial charge in [-0.05, 0) is 18.6 Å². The first-order valence-electron chi connectivity index (χ1n) is 7.27. The minimum atomic E-state index is -0.504. The van der Waals surface area contributed by atoms with Crippen molar-refractivity contribution in [1.82, 2.24) is 5.32 Å². The van der Waals surface area contributed by atoms with Crippen LogP contribution in [0.2, 0.25) is 0 Å². The van der Waals surface area contributed by atoms with E-state index in [2.05, 4.69) is 10.5 Å². The van der Waals surface area contributed by atoms with E-state index in [0.29, 0.717) is 12.1 Å². The van der Waals surface area contributed by atoms with Crippen molar-refractivity contribution in [2.24, 2.45) is 5.16 Å². The Morgan fingerprint density at radius 2 is 1.96 bits per heavy atom. The summed E-state index contributed by atoms with van der Waals surface area (Å²) < 4.78 is 0. The number of aryl methyl sites for hydroxylation is 1. The van der Waals surface area contributed by atoms with E-state index in [1.807, 2.05) is 31.2 Å². The monoisotopic (exact) mass is 327 g/mol. The number of amides is 1. The second kappa shape index (κ2) is 8.42. The van der Waals surface area contributed by atoms with Crippen molar-refractivity contribution in [3.63, 3.8) is 0 Å². The van der Waals surface area contributed by atoms with Crippen molar-refractivity contribution in [2.45, 2.75) is 13.5 Å². The van der Waals surface area contributed by atoms with Crippen LogP contribution in [0.1, 0.15) is 16.7 Å². The maximum absolute atomic E-state index is 11.7. The molecule has 0 bridgehead atoms. The van der Waals surface area contributed by atoms with Crippen molar-refractivity contribution in [1.29, 1.82) is 0 Å². The van der Waals surface area contributed by atoms with Gasteiger partial charge in [-0.1, -0.05) is 47.1 Å². The molecule has 0 fully saturated rings. The summed E-state index contributed by atoms with van der Waals surface area (Å²) in [7, 11) is 0. The molecule has 7 nitrogen and oxygen atoms in total. The summed E-state index contributed by atoms with van der Waals surface area (Å²) in [5, 5.41) is 17.1. The molecular formula is C17H17N3O4. The second-order valence-corrected chi connectivity index (χ2v) is 5.09. The SMILES string of the molecule is Cc1ccc(CNC(=O)CO/N=C/c2ccccc2[N+](=O)[O-])cc1. The fourth-order valence-corrected chi connectivity index (χ4v) is 1.91. The van der Waals surface area contributed by atoms with Crippen LogP contribution in [0.5, 0.6) is 0 Å². The third-order valence-corrected chi connectivity index (χ3v) is 3.21. The predicted molar refractivity (Wildman–Crippen MR) is 89.7 cm³/mol. The molecule has 24 heavy (non-hydrogen) atoms. The van der Waals surface area contributed by atoms with Gasteiger partial charge in [0.1, 0.15) is 0 Å². The average molecular weight is 327 g/mol. The second-order valence-electron chi connectivity index (χ2n) is 5.09. The lowest BCUT2D eigenvalue weighted by Gasteiger charge is -2.04. The van der Waals surface area contributed by atoms with E-state index in [9.17, 15) is 14.9 Å². The third-order valence-electron chi connectivity index (χ3n) is 3.21. The number of rotatable bonds is 7. The van der Waals surface area contributed by atoms with Gasteiger partial charge < -0.3 is 10.2 Å². The topological polar surface area (TPSA) is 93.8 Å². The van der Waals surface area contributed by atoms with Crippen molar-refractivity contribution in [2.75, 3.05) is 6.61 Å². The maximum Gasteiger partial charge on any atom is 0.278 e. The summed E-state index contributed by atoms with van der Waals surface area (Å²) in [5.74, 6) is -0.324. The number of nitrogens with one attached hydrogen (secondary N) is 1. The fraction of sp³-hybridized carbons (Fsp3) is 0.176. The number of benzene rings is 2. The van der Waals surface area contributed by atoms with Gasteiger partial charge in [-0.3, -0.25) is 14.9 Å². The van der Waals surface area contributed by atoms with E-state index >= 15 is 0 Å². The molecule has 2 aromatic carbocycles. The summed E-state index contributed by atoms with van der Waals surface area (Å²) >= 11 is 0. The Morgan fingerprint density at radius 3 is 2.67 bits per heavy atom. The number of oxime groups is 1. The number of nitrogens with zero attached hydrogens (tertiary/aromatic N) is 2. The van der Waals surface area contributed by atoms with Gasteiger partial charge in [0.15, 0.2) is 6.61 Å². The van der Waals surface area contributed by atoms with Gasteiger partial charge in [0.2, 0.25) is 0 Å². The minimum Gasteiger partial charge on any atom is -0.386 e. The molecule has 0 saturated carbocycles. The number of nitro groups is 1. The Morgan fingerprint density at radius 1 is 1.25 bits per heavy atom. The number of carbonyl (C=O) groups is 1. The molecule has 0 heterocycles. The van der Waals surface area contributed by atoms with Gasteiger partial charge in [-0.2, -0.15) is 0 Å². The van der Waals surface area contributed by atoms with Crippen LogP contribution in [0.25, 0.3) is 0 Å². The number of para-hydroxylation sites is 1. The summed E-state index contributed by atoms with van der Waals surface area (Å²) in [6.07, 6.45) is 1.21. The highest BCUT2D eigenvalue weighted by Gasteiger charge is 2.10. The molecule has 1 N–H and O–H groups in total. The van der Waals surface area contributed by atoms with E-state index in [1.54, 1.807) is 18.2 Å². The van der Waals surface area contributed by atoms with Gasteiger partial charge in [0.05, 0.1) is 16.7 Å². The smallest absolute Gasteiger partial charge is 0.278 e. The molecule has 0 unspecified atom stereocenters. The highest BCUT2D eigenvalue weighted by molar-refractivity contribution is 5.85. The van der Waals surface area contributed by atoms with Crippen molar-refractivity contribution in [3.05, 3.63) is 75.3 Å². The summed E-state index contributed by atoms with van der Waals surface area (Å²) in [6.45, 7) is 2.13. The highest BCUT2D eigenvalue weighted by atomic mass is 16.6. The lowest BCUT2D eigenvalue weighted by molar-refractivity contribution is -0.385. The van der Waals surface area contributed by atoms with Crippen LogP contribution in [-0.4, -0.2) is 23.7 Å². The molecule has 0 spiro atoms. The van der Waals surface area contributed by atoms with Crippen LogP contribution in [-0.2, 0) is 16.2 Å². The first-order chi connectivity index (χ1) is 11.6. The van der Waals surface area contributed by atoms with Crippen molar-refractivity contribution >= 4 is 17.8 Å². The van der Waals surface area contributed by atoms with E-state index in [0.717, 1.165) is 11.1 Å². The van der Waals surface area contributed by atoms with Crippen molar-refractivity contribution in [3.8, 4) is 0 Å². The Hall–Kier alpha value is -3.22. The fourth-order valence-electron chi connectivity index (χ4n) is 1.91. The van der Waals surface area contributed by atoms with Crippen LogP contribution in [0.15, 0.2) is 53.7 Å². The highest BCUT2D eigenvalue weighted by Crippen LogP contribution is 2.15. The Bertz CT molecular complexity index is 742. The van der Waals surface area contributed by atoms with Crippen molar-refractivity contribution < 1.29 is 14.6 Å². The Balaban J connectivity index is 1.78. The summed E-state index contributed by atoms with van der Waals surface area (Å²) in [4.78, 5) is 26.9. The van der Waals surface area contributed by atoms with Crippen LogP contribution < -0.4 is 5.32 Å². The van der Waals surface area contributed by atoms with Gasteiger partial charge >= 0.3 is 0 Å². The lowest BCUT2D eigenvalue weighted by atomic mass is 10.1. The Kier molecular flexibility index (Phi) is 6.01. The van der Waals surface area contributed by atoms with E-state index in [1.165, 1.54) is 12.3 Å². The third kappa shape index (κ3) is 5.20. The molecule has 0 aliphatic heterocycles. The first-order valence-corrected chi connectivity index (χ1v) is 7.27. The normalized spacial score (nSPS) is 10.5. The van der Waals surface area contributed by atoms with Gasteiger partial charge in [0, 0.05) is 12.6 Å². The molecule has 0 saturated heterocycles. The Labute approximate surface area is 139 Å². The van der Waals surface area contributed by atoms with Crippen LogP contribution in [0.3, 0.4) is 0 Å². The standard InChI is InChI=1S/C17H17N3O4/c1-13-6-8-14(9-7-13)10-18-17(21)12-24-19-11-15-4-2-3-5-16(15)20(22)23/h2-9,11H,10,12H2,1H3,(H,18,21)/b19-11+. The average Bonchev–Trinajstić information content (AvgIpc) is 2.58. The number of hydrogen-bond acceptors (Lipinski definition) is 5. The largest absolute Gasteiger partial charge is 0.386 e. The molecule has 0 radical (unpaired) electrons. The van der Waals surface area contributed by atoms with Crippen LogP contribution in [0, 0.1) is 17.0 Å². The molecule has 0 atom stereocenters. The number of nitro benzene ring substituents is 1. The zero-order valence-electron chi connectivity index (χ0n) is 13.1. The maximum atomic E-state index is 11.7. The lowest BCUT2D eigenvalue weighted by Crippen LogP contribution is -2.26. The zero-order valence-corrected chi connectivity index (χ0v) is 13.1. The number of hydrogen-bond donors (Lipinski definition) is 1. The first kappa shape index (κ1) is 17.1. The van der Waals surface area contributed by atoms with Crippen LogP contribution >= 0.6 is 0 Å². The molecule has 124 valence electrons. The molecule has 2 aromatic rings. The molecular weight excluding hydrogens is 310 g/mol. The molecule has 0 aromatic heterocycles. The van der Waals surface area contributed by atoms with Gasteiger partial charge in [-0.15, -0.1) is 0 Å². The summed E-state index contributed by atoms with van der Waals surface area (Å²) in [5.41, 5.74) is 2.37. The molecule has 7 heteroatoms. The van der Waals surface area contributed by atoms with Crippen LogP contribution in [0.4, 0.5) is 5.69 Å². The molecule has 0 aliphatic rings. The zero-order chi connectivity index (χ0) is 17.4. The minimum absolute atomic E-state index is 0.0753. The predicted octanol–water partition coefficient (Wildman–Crippen LogP) is 2.57.